The van der Waals surface area contributed by atoms with Gasteiger partial charge in [0.1, 0.15) is 0 Å². The minimum atomic E-state index is -0.250. The van der Waals surface area contributed by atoms with Gasteiger partial charge in [-0.15, -0.1) is 69.1 Å². The van der Waals surface area contributed by atoms with E-state index < -0.39 is 0 Å². The van der Waals surface area contributed by atoms with Gasteiger partial charge in [-0.2, -0.15) is 18.7 Å². The van der Waals surface area contributed by atoms with E-state index in [-0.39, 0.29) is 32.8 Å². The molecule has 0 bridgehead atoms. The monoisotopic (exact) mass is 761 g/mol. The van der Waals surface area contributed by atoms with Gasteiger partial charge < -0.3 is 10.2 Å². The van der Waals surface area contributed by atoms with Crippen molar-refractivity contribution in [3.8, 4) is 22.3 Å². The van der Waals surface area contributed by atoms with Gasteiger partial charge in [-0.3, -0.25) is 0 Å². The summed E-state index contributed by atoms with van der Waals surface area (Å²) in [6, 6.07) is 62.0. The summed E-state index contributed by atoms with van der Waals surface area (Å²) in [6.45, 7) is 4.76. The molecule has 0 amide bonds. The Bertz CT molecular complexity index is 2660. The number of aryl methyl sites for hydroxylation is 2. The molecule has 0 aromatic heterocycles. The average molecular weight is 763 g/mol. The fourth-order valence-corrected chi connectivity index (χ4v) is 7.64. The van der Waals surface area contributed by atoms with Gasteiger partial charge in [0, 0.05) is 0 Å². The summed E-state index contributed by atoms with van der Waals surface area (Å²) in [7, 11) is 0. The molecular weight excluding hydrogens is 724 g/mol. The van der Waals surface area contributed by atoms with Crippen LogP contribution in [0.2, 0.25) is 0 Å². The number of rotatable bonds is 3. The van der Waals surface area contributed by atoms with E-state index in [4.69, 9.17) is 10.2 Å². The first kappa shape index (κ1) is 36.2. The van der Waals surface area contributed by atoms with Gasteiger partial charge in [0.05, 0.1) is 0 Å². The van der Waals surface area contributed by atoms with Gasteiger partial charge in [-0.25, -0.2) is 0 Å². The third-order valence-electron chi connectivity index (χ3n) is 9.95. The third-order valence-corrected chi connectivity index (χ3v) is 9.95. The van der Waals surface area contributed by atoms with Gasteiger partial charge >= 0.3 is 26.2 Å². The second-order valence-electron chi connectivity index (χ2n) is 13.5. The SMILES string of the molecule is Cc1cc2c(-c3cccc4cc5ccccc5cc34)cccc2[cH-]1.Cc1cc2c(-c3cccc4cc5ccccc5cc34)cccc2[cH-]1.O[CH-]CO.[Zr+3]. The van der Waals surface area contributed by atoms with E-state index in [2.05, 4.69) is 184 Å². The number of hydrogen-bond acceptors (Lipinski definition) is 2. The zero-order valence-corrected chi connectivity index (χ0v) is 32.3. The molecule has 0 saturated carbocycles. The van der Waals surface area contributed by atoms with Crippen LogP contribution in [-0.2, 0) is 26.2 Å². The topological polar surface area (TPSA) is 40.5 Å². The predicted octanol–water partition coefficient (Wildman–Crippen LogP) is 13.2. The van der Waals surface area contributed by atoms with Crippen LogP contribution in [0.1, 0.15) is 11.1 Å². The molecule has 0 aliphatic heterocycles. The molecular formula is C50H39O2Zr. The fraction of sp³-hybridized carbons (Fsp3) is 0.0600. The van der Waals surface area contributed by atoms with Crippen molar-refractivity contribution in [1.29, 1.82) is 0 Å². The van der Waals surface area contributed by atoms with Gasteiger partial charge in [0.15, 0.2) is 0 Å². The summed E-state index contributed by atoms with van der Waals surface area (Å²) in [4.78, 5) is 0. The molecule has 10 aromatic rings. The quantitative estimate of drug-likeness (QED) is 0.139. The Balaban J connectivity index is 0.000000147. The van der Waals surface area contributed by atoms with Crippen LogP contribution >= 0.6 is 0 Å². The van der Waals surface area contributed by atoms with Crippen molar-refractivity contribution in [2.75, 3.05) is 6.61 Å². The smallest absolute Gasteiger partial charge is 0.564 e. The standard InChI is InChI=1S/2C24H17.C2H5O2.Zr/c2*1-16-12-19-8-4-10-21(23(19)13-16)22-11-5-9-20-14-17-6-2-3-7-18(17)15-24(20)22;3-1-2-4;/h2*2-15H,1H3;1,3-4H,2H2;/q3*-1;+3. The molecule has 1 radical (unpaired) electrons. The molecule has 0 heterocycles. The second-order valence-corrected chi connectivity index (χ2v) is 13.5. The largest absolute Gasteiger partial charge is 3.00 e. The maximum absolute atomic E-state index is 7.57. The molecule has 0 spiro atoms. The van der Waals surface area contributed by atoms with E-state index in [9.17, 15) is 0 Å². The first-order valence-corrected chi connectivity index (χ1v) is 17.7. The van der Waals surface area contributed by atoms with Crippen molar-refractivity contribution < 1.29 is 36.4 Å². The van der Waals surface area contributed by atoms with Crippen LogP contribution in [0.3, 0.4) is 0 Å². The van der Waals surface area contributed by atoms with Crippen LogP contribution in [-0.4, -0.2) is 16.8 Å². The molecule has 3 heteroatoms. The van der Waals surface area contributed by atoms with E-state index in [1.807, 2.05) is 0 Å². The second kappa shape index (κ2) is 15.8. The van der Waals surface area contributed by atoms with E-state index in [1.54, 1.807) is 0 Å². The van der Waals surface area contributed by atoms with Gasteiger partial charge in [0.2, 0.25) is 0 Å². The molecule has 2 nitrogen and oxygen atoms in total. The predicted molar refractivity (Wildman–Crippen MR) is 223 cm³/mol. The van der Waals surface area contributed by atoms with E-state index in [0.717, 1.165) is 0 Å². The van der Waals surface area contributed by atoms with Gasteiger partial charge in [0.25, 0.3) is 0 Å². The molecule has 0 aliphatic carbocycles. The number of aliphatic hydroxyl groups excluding tert-OH is 2. The first-order chi connectivity index (χ1) is 25.5. The molecule has 0 aliphatic rings. The van der Waals surface area contributed by atoms with Crippen molar-refractivity contribution in [2.45, 2.75) is 13.8 Å². The Morgan fingerprint density at radius 3 is 1.11 bits per heavy atom. The summed E-state index contributed by atoms with van der Waals surface area (Å²) >= 11 is 0. The molecule has 10 aromatic carbocycles. The minimum absolute atomic E-state index is 0. The van der Waals surface area contributed by atoms with Gasteiger partial charge in [-0.05, 0) is 78.5 Å². The number of hydrogen-bond donors (Lipinski definition) is 2. The Kier molecular flexibility index (Phi) is 10.8. The van der Waals surface area contributed by atoms with E-state index in [1.165, 1.54) is 98.0 Å². The Morgan fingerprint density at radius 2 is 0.736 bits per heavy atom. The van der Waals surface area contributed by atoms with Crippen LogP contribution in [0.4, 0.5) is 0 Å². The van der Waals surface area contributed by atoms with Crippen molar-refractivity contribution >= 4 is 64.6 Å². The summed E-state index contributed by atoms with van der Waals surface area (Å²) in [6.07, 6.45) is 0. The molecule has 2 N–H and O–H groups in total. The van der Waals surface area contributed by atoms with Crippen LogP contribution in [0, 0.1) is 20.5 Å². The molecule has 0 atom stereocenters. The van der Waals surface area contributed by atoms with Crippen LogP contribution in [0.5, 0.6) is 0 Å². The molecule has 10 rings (SSSR count). The third kappa shape index (κ3) is 7.26. The zero-order chi connectivity index (χ0) is 35.6. The van der Waals surface area contributed by atoms with Crippen LogP contribution in [0.15, 0.2) is 170 Å². The molecule has 0 fully saturated rings. The first-order valence-electron chi connectivity index (χ1n) is 17.7. The Labute approximate surface area is 329 Å². The van der Waals surface area contributed by atoms with Crippen LogP contribution in [0.25, 0.3) is 86.9 Å². The molecule has 53 heavy (non-hydrogen) atoms. The maximum atomic E-state index is 7.57. The number of benzene rings is 8. The fourth-order valence-electron chi connectivity index (χ4n) is 7.64. The Hall–Kier alpha value is -5.18. The van der Waals surface area contributed by atoms with Crippen molar-refractivity contribution in [2.24, 2.45) is 0 Å². The molecule has 0 saturated heterocycles. The van der Waals surface area contributed by atoms with Crippen molar-refractivity contribution in [3.05, 3.63) is 188 Å². The van der Waals surface area contributed by atoms with Crippen molar-refractivity contribution in [3.63, 3.8) is 0 Å². The van der Waals surface area contributed by atoms with E-state index >= 15 is 0 Å². The number of aliphatic hydroxyl groups is 2. The van der Waals surface area contributed by atoms with Crippen molar-refractivity contribution in [1.82, 2.24) is 0 Å². The Morgan fingerprint density at radius 1 is 0.415 bits per heavy atom. The average Bonchev–Trinajstić information content (AvgIpc) is 3.77. The van der Waals surface area contributed by atoms with Gasteiger partial charge in [-0.1, -0.05) is 129 Å². The maximum Gasteiger partial charge on any atom is 3.00 e. The zero-order valence-electron chi connectivity index (χ0n) is 29.8. The summed E-state index contributed by atoms with van der Waals surface area (Å²) in [5.41, 5.74) is 7.91. The van der Waals surface area contributed by atoms with Crippen LogP contribution < -0.4 is 0 Å². The summed E-state index contributed by atoms with van der Waals surface area (Å²) in [5.74, 6) is 0. The normalized spacial score (nSPS) is 11.0. The minimum Gasteiger partial charge on any atom is -0.564 e. The molecule has 0 unspecified atom stereocenters. The summed E-state index contributed by atoms with van der Waals surface area (Å²) < 4.78 is 0. The molecule has 255 valence electrons. The summed E-state index contributed by atoms with van der Waals surface area (Å²) in [5, 5.41) is 30.8. The number of fused-ring (bicyclic) bond motifs is 6. The van der Waals surface area contributed by atoms with E-state index in [0.29, 0.717) is 6.61 Å².